The van der Waals surface area contributed by atoms with Gasteiger partial charge in [-0.15, -0.1) is 11.3 Å². The van der Waals surface area contributed by atoms with Crippen LogP contribution in [-0.4, -0.2) is 52.5 Å². The molecule has 0 aliphatic carbocycles. The molecule has 1 fully saturated rings. The Kier molecular flexibility index (Phi) is 6.37. The van der Waals surface area contributed by atoms with Crippen LogP contribution < -0.4 is 16.6 Å². The molecule has 7 nitrogen and oxygen atoms in total. The van der Waals surface area contributed by atoms with Gasteiger partial charge >= 0.3 is 18.0 Å². The van der Waals surface area contributed by atoms with Crippen LogP contribution in [0.2, 0.25) is 0 Å². The van der Waals surface area contributed by atoms with Crippen LogP contribution in [0, 0.1) is 6.92 Å². The van der Waals surface area contributed by atoms with Crippen molar-refractivity contribution in [3.63, 3.8) is 0 Å². The molecule has 3 heterocycles. The zero-order chi connectivity index (χ0) is 24.0. The Labute approximate surface area is 182 Å². The van der Waals surface area contributed by atoms with Gasteiger partial charge in [-0.3, -0.25) is 14.4 Å². The molecule has 32 heavy (non-hydrogen) atoms. The summed E-state index contributed by atoms with van der Waals surface area (Å²) in [6, 6.07) is -2.49. The van der Waals surface area contributed by atoms with E-state index < -0.39 is 42.6 Å². The normalized spacial score (nSPS) is 17.4. The quantitative estimate of drug-likeness (QED) is 0.662. The predicted molar refractivity (Wildman–Crippen MR) is 108 cm³/mol. The Bertz CT molecular complexity index is 1160. The first-order valence-electron chi connectivity index (χ1n) is 9.62. The summed E-state index contributed by atoms with van der Waals surface area (Å²) in [6.45, 7) is 2.69. The fourth-order valence-electron chi connectivity index (χ4n) is 3.55. The maximum Gasteiger partial charge on any atom is 0.409 e. The van der Waals surface area contributed by atoms with Crippen molar-refractivity contribution in [3.05, 3.63) is 31.3 Å². The topological polar surface area (TPSA) is 71.6 Å². The molecule has 178 valence electrons. The molecule has 0 spiro atoms. The van der Waals surface area contributed by atoms with Crippen molar-refractivity contribution in [2.45, 2.75) is 51.8 Å². The lowest BCUT2D eigenvalue weighted by Gasteiger charge is -2.20. The fourth-order valence-corrected chi connectivity index (χ4v) is 4.88. The summed E-state index contributed by atoms with van der Waals surface area (Å²) in [5, 5.41) is 2.87. The minimum atomic E-state index is -4.93. The zero-order valence-corrected chi connectivity index (χ0v) is 18.2. The average molecular weight is 485 g/mol. The molecule has 0 saturated carbocycles. The molecule has 0 amide bonds. The molecule has 0 aromatic carbocycles. The highest BCUT2D eigenvalue weighted by atomic mass is 32.1. The third kappa shape index (κ3) is 4.50. The van der Waals surface area contributed by atoms with E-state index in [4.69, 9.17) is 0 Å². The van der Waals surface area contributed by atoms with E-state index in [1.54, 1.807) is 7.05 Å². The van der Waals surface area contributed by atoms with Crippen LogP contribution >= 0.6 is 11.3 Å². The molecule has 2 aromatic heterocycles. The van der Waals surface area contributed by atoms with Crippen LogP contribution in [0.5, 0.6) is 0 Å². The van der Waals surface area contributed by atoms with Crippen molar-refractivity contribution in [1.82, 2.24) is 19.4 Å². The van der Waals surface area contributed by atoms with E-state index in [0.29, 0.717) is 41.0 Å². The summed E-state index contributed by atoms with van der Waals surface area (Å²) in [5.74, 6) is 0.583. The maximum absolute atomic E-state index is 13.3. The second-order valence-corrected chi connectivity index (χ2v) is 8.50. The highest BCUT2D eigenvalue weighted by molar-refractivity contribution is 7.18. The summed E-state index contributed by atoms with van der Waals surface area (Å²) < 4.78 is 79.2. The molecule has 1 atom stereocenters. The zero-order valence-electron chi connectivity index (χ0n) is 17.4. The maximum atomic E-state index is 13.3. The molecule has 1 aliphatic heterocycles. The number of rotatable bonds is 5. The Hall–Kier alpha value is -2.51. The van der Waals surface area contributed by atoms with Gasteiger partial charge in [-0.25, -0.2) is 9.36 Å². The Morgan fingerprint density at radius 1 is 1.19 bits per heavy atom. The van der Waals surface area contributed by atoms with Gasteiger partial charge in [0.05, 0.1) is 18.4 Å². The lowest BCUT2D eigenvalue weighted by Crippen LogP contribution is -2.45. The summed E-state index contributed by atoms with van der Waals surface area (Å²) >= 11 is 0.933. The molecule has 1 N–H and O–H groups in total. The molecule has 1 unspecified atom stereocenters. The molecule has 0 radical (unpaired) electrons. The number of halogens is 6. The van der Waals surface area contributed by atoms with Crippen LogP contribution in [0.25, 0.3) is 10.2 Å². The highest BCUT2D eigenvalue weighted by Gasteiger charge is 2.40. The molecule has 14 heteroatoms. The number of hydrogen-bond donors (Lipinski definition) is 1. The Morgan fingerprint density at radius 3 is 2.41 bits per heavy atom. The summed E-state index contributed by atoms with van der Waals surface area (Å²) in [6.07, 6.45) is -11.0. The number of aliphatic imine (C=N–C) groups is 1. The first-order valence-corrected chi connectivity index (χ1v) is 10.4. The van der Waals surface area contributed by atoms with Gasteiger partial charge in [-0.1, -0.05) is 0 Å². The van der Waals surface area contributed by atoms with Crippen molar-refractivity contribution in [2.75, 3.05) is 20.1 Å². The van der Waals surface area contributed by atoms with E-state index in [0.717, 1.165) is 11.3 Å². The van der Waals surface area contributed by atoms with Crippen molar-refractivity contribution < 1.29 is 26.3 Å². The number of aromatic nitrogens is 2. The van der Waals surface area contributed by atoms with Gasteiger partial charge in [-0.05, 0) is 19.4 Å². The first-order chi connectivity index (χ1) is 14.8. The minimum Gasteiger partial charge on any atom is -0.354 e. The van der Waals surface area contributed by atoms with Crippen molar-refractivity contribution >= 4 is 27.5 Å². The summed E-state index contributed by atoms with van der Waals surface area (Å²) in [5.41, 5.74) is -2.24. The molecular formula is C18H21F6N5O2S. The number of nitrogens with zero attached hydrogens (tertiary/aromatic N) is 4. The van der Waals surface area contributed by atoms with Gasteiger partial charge in [0, 0.05) is 31.6 Å². The van der Waals surface area contributed by atoms with Crippen LogP contribution in [0.4, 0.5) is 26.3 Å². The van der Waals surface area contributed by atoms with Gasteiger partial charge in [0.25, 0.3) is 5.56 Å². The standard InChI is InChI=1S/C18H21F6N5O2S/c1-9-11(8-27-7-5-26-15(27)25-3)32-14-12(9)13(30)29(10(2)18(22,23)24)16(31)28(14)6-4-17(19,20)21/h10H,4-8H2,1-3H3,(H,25,26). The Morgan fingerprint density at radius 2 is 1.84 bits per heavy atom. The number of guanidine groups is 1. The van der Waals surface area contributed by atoms with Crippen molar-refractivity contribution in [2.24, 2.45) is 4.99 Å². The van der Waals surface area contributed by atoms with Crippen LogP contribution in [0.15, 0.2) is 14.6 Å². The molecule has 1 saturated heterocycles. The third-order valence-electron chi connectivity index (χ3n) is 5.33. The molecular weight excluding hydrogens is 464 g/mol. The van der Waals surface area contributed by atoms with Crippen LogP contribution in [0.1, 0.15) is 29.8 Å². The van der Waals surface area contributed by atoms with Gasteiger partial charge in [0.2, 0.25) is 0 Å². The van der Waals surface area contributed by atoms with E-state index in [1.165, 1.54) is 6.92 Å². The lowest BCUT2D eigenvalue weighted by molar-refractivity contribution is -0.164. The lowest BCUT2D eigenvalue weighted by atomic mass is 10.2. The highest BCUT2D eigenvalue weighted by Crippen LogP contribution is 2.33. The molecule has 3 rings (SSSR count). The number of thiophene rings is 1. The van der Waals surface area contributed by atoms with E-state index in [2.05, 4.69) is 10.3 Å². The van der Waals surface area contributed by atoms with E-state index in [9.17, 15) is 35.9 Å². The largest absolute Gasteiger partial charge is 0.409 e. The third-order valence-corrected chi connectivity index (χ3v) is 6.63. The summed E-state index contributed by atoms with van der Waals surface area (Å²) in [7, 11) is 1.57. The SMILES string of the molecule is C/N=C1\NCCN1Cc1sc2c(c1C)c(=O)n(C(C)C(F)(F)F)c(=O)n2CCC(F)(F)F. The van der Waals surface area contributed by atoms with Gasteiger partial charge in [0.1, 0.15) is 10.9 Å². The van der Waals surface area contributed by atoms with E-state index >= 15 is 0 Å². The summed E-state index contributed by atoms with van der Waals surface area (Å²) in [4.78, 5) is 32.2. The van der Waals surface area contributed by atoms with E-state index in [1.807, 2.05) is 4.90 Å². The second-order valence-electron chi connectivity index (χ2n) is 7.42. The number of alkyl halides is 6. The monoisotopic (exact) mass is 485 g/mol. The average Bonchev–Trinajstić information content (AvgIpc) is 3.24. The Balaban J connectivity index is 2.23. The number of fused-ring (bicyclic) bond motifs is 1. The molecule has 1 aliphatic rings. The number of nitrogens with one attached hydrogen (secondary N) is 1. The number of aryl methyl sites for hydroxylation is 2. The minimum absolute atomic E-state index is 0.00144. The van der Waals surface area contributed by atoms with Crippen molar-refractivity contribution in [3.8, 4) is 0 Å². The van der Waals surface area contributed by atoms with Gasteiger partial charge in [0.15, 0.2) is 5.96 Å². The smallest absolute Gasteiger partial charge is 0.354 e. The van der Waals surface area contributed by atoms with Gasteiger partial charge in [-0.2, -0.15) is 26.3 Å². The molecule has 2 aromatic rings. The van der Waals surface area contributed by atoms with E-state index in [-0.39, 0.29) is 21.3 Å². The van der Waals surface area contributed by atoms with Gasteiger partial charge < -0.3 is 10.2 Å². The first kappa shape index (κ1) is 24.1. The number of hydrogen-bond acceptors (Lipinski definition) is 4. The second kappa shape index (κ2) is 8.45. The fraction of sp³-hybridized carbons (Fsp3) is 0.611. The van der Waals surface area contributed by atoms with Crippen LogP contribution in [-0.2, 0) is 13.1 Å². The van der Waals surface area contributed by atoms with Crippen molar-refractivity contribution in [1.29, 1.82) is 0 Å². The predicted octanol–water partition coefficient (Wildman–Crippen LogP) is 3.00. The van der Waals surface area contributed by atoms with Crippen LogP contribution in [0.3, 0.4) is 0 Å². The molecule has 0 bridgehead atoms.